The van der Waals surface area contributed by atoms with Crippen LogP contribution in [0.5, 0.6) is 5.75 Å². The molecule has 0 saturated heterocycles. The summed E-state index contributed by atoms with van der Waals surface area (Å²) in [5, 5.41) is 3.35. The van der Waals surface area contributed by atoms with Gasteiger partial charge in [0.25, 0.3) is 10.0 Å². The zero-order valence-electron chi connectivity index (χ0n) is 15.0. The van der Waals surface area contributed by atoms with Crippen LogP contribution in [0.25, 0.3) is 0 Å². The van der Waals surface area contributed by atoms with E-state index in [-0.39, 0.29) is 28.0 Å². The number of rotatable bonds is 4. The van der Waals surface area contributed by atoms with E-state index < -0.39 is 21.8 Å². The highest BCUT2D eigenvalue weighted by Crippen LogP contribution is 2.42. The number of ether oxygens (including phenoxy) is 1. The quantitative estimate of drug-likeness (QED) is 0.610. The molecule has 12 heteroatoms. The Kier molecular flexibility index (Phi) is 5.02. The van der Waals surface area contributed by atoms with Gasteiger partial charge in [0.2, 0.25) is 0 Å². The molecule has 0 bridgehead atoms. The Morgan fingerprint density at radius 3 is 2.57 bits per heavy atom. The van der Waals surface area contributed by atoms with Crippen LogP contribution in [0.4, 0.5) is 30.2 Å². The van der Waals surface area contributed by atoms with Crippen LogP contribution in [-0.4, -0.2) is 26.7 Å². The molecule has 2 aromatic carbocycles. The number of nitrogens with zero attached hydrogens (tertiary/aromatic N) is 2. The van der Waals surface area contributed by atoms with Gasteiger partial charge in [0.05, 0.1) is 39.6 Å². The van der Waals surface area contributed by atoms with Crippen LogP contribution in [0, 0.1) is 0 Å². The molecule has 0 fully saturated rings. The second kappa shape index (κ2) is 7.40. The fourth-order valence-electron chi connectivity index (χ4n) is 2.99. The van der Waals surface area contributed by atoms with Crippen molar-refractivity contribution in [2.24, 2.45) is 0 Å². The monoisotopic (exact) mass is 459 g/mol. The van der Waals surface area contributed by atoms with Crippen molar-refractivity contribution in [1.29, 1.82) is 0 Å². The van der Waals surface area contributed by atoms with E-state index in [1.54, 1.807) is 4.90 Å². The van der Waals surface area contributed by atoms with Crippen molar-refractivity contribution in [1.82, 2.24) is 5.16 Å². The summed E-state index contributed by atoms with van der Waals surface area (Å²) in [5.74, 6) is 0.255. The molecule has 1 N–H and O–H groups in total. The largest absolute Gasteiger partial charge is 0.489 e. The van der Waals surface area contributed by atoms with E-state index in [1.807, 2.05) is 0 Å². The van der Waals surface area contributed by atoms with E-state index in [0.29, 0.717) is 17.9 Å². The van der Waals surface area contributed by atoms with Crippen molar-refractivity contribution in [2.75, 3.05) is 22.8 Å². The molecule has 3 aromatic rings. The van der Waals surface area contributed by atoms with Crippen molar-refractivity contribution in [3.8, 4) is 5.75 Å². The number of hydrogen-bond donors (Lipinski definition) is 1. The van der Waals surface area contributed by atoms with Gasteiger partial charge < -0.3 is 14.2 Å². The van der Waals surface area contributed by atoms with Gasteiger partial charge in [-0.2, -0.15) is 13.2 Å². The first-order chi connectivity index (χ1) is 14.1. The topological polar surface area (TPSA) is 84.7 Å². The fourth-order valence-corrected chi connectivity index (χ4v) is 4.31. The Morgan fingerprint density at radius 1 is 1.13 bits per heavy atom. The molecule has 0 unspecified atom stereocenters. The zero-order valence-corrected chi connectivity index (χ0v) is 16.6. The first-order valence-electron chi connectivity index (χ1n) is 8.48. The van der Waals surface area contributed by atoms with Gasteiger partial charge in [-0.05, 0) is 30.3 Å². The second-order valence-electron chi connectivity index (χ2n) is 6.31. The van der Waals surface area contributed by atoms with Gasteiger partial charge in [0.1, 0.15) is 24.3 Å². The molecule has 0 spiro atoms. The maximum Gasteiger partial charge on any atom is 0.416 e. The maximum absolute atomic E-state index is 12.9. The number of fused-ring (bicyclic) bond motifs is 1. The van der Waals surface area contributed by atoms with Gasteiger partial charge in [0.15, 0.2) is 0 Å². The molecule has 0 radical (unpaired) electrons. The third-order valence-electron chi connectivity index (χ3n) is 4.36. The third-order valence-corrected chi connectivity index (χ3v) is 6.04. The van der Waals surface area contributed by atoms with E-state index in [0.717, 1.165) is 18.4 Å². The molecule has 1 aliphatic rings. The molecule has 1 aliphatic heterocycles. The third kappa shape index (κ3) is 3.90. The summed E-state index contributed by atoms with van der Waals surface area (Å²) in [6.07, 6.45) is -2.16. The molecule has 0 saturated carbocycles. The van der Waals surface area contributed by atoms with Gasteiger partial charge in [-0.15, -0.1) is 0 Å². The number of benzene rings is 2. The summed E-state index contributed by atoms with van der Waals surface area (Å²) in [7, 11) is -3.93. The lowest BCUT2D eigenvalue weighted by molar-refractivity contribution is -0.137. The SMILES string of the molecule is O=S(=O)(Nc1cnoc1)c1ccc2c(c1)OCCN2c1ccc(C(F)(F)F)cc1Cl. The van der Waals surface area contributed by atoms with Crippen LogP contribution < -0.4 is 14.4 Å². The van der Waals surface area contributed by atoms with Crippen LogP contribution in [0.2, 0.25) is 5.02 Å². The predicted octanol–water partition coefficient (Wildman–Crippen LogP) is 4.68. The number of halogens is 4. The van der Waals surface area contributed by atoms with Crippen LogP contribution >= 0.6 is 11.6 Å². The predicted molar refractivity (Wildman–Crippen MR) is 103 cm³/mol. The van der Waals surface area contributed by atoms with Crippen LogP contribution in [0.3, 0.4) is 0 Å². The standard InChI is InChI=1S/C18H13ClF3N3O4S/c19-14-7-11(18(20,21)22)1-3-15(14)25-5-6-28-17-8-13(2-4-16(17)25)30(26,27)24-12-9-23-29-10-12/h1-4,7-10,24H,5-6H2. The smallest absolute Gasteiger partial charge is 0.416 e. The summed E-state index contributed by atoms with van der Waals surface area (Å²) in [5.41, 5.74) is 0.136. The van der Waals surface area contributed by atoms with Crippen molar-refractivity contribution in [3.05, 3.63) is 59.4 Å². The number of alkyl halides is 3. The molecule has 158 valence electrons. The Morgan fingerprint density at radius 2 is 1.90 bits per heavy atom. The van der Waals surface area contributed by atoms with Crippen LogP contribution in [0.15, 0.2) is 58.3 Å². The number of anilines is 3. The molecule has 0 atom stereocenters. The Labute approximate surface area is 174 Å². The number of hydrogen-bond acceptors (Lipinski definition) is 6. The normalized spacial score (nSPS) is 14.2. The molecular weight excluding hydrogens is 447 g/mol. The van der Waals surface area contributed by atoms with Gasteiger partial charge in [0, 0.05) is 6.07 Å². The lowest BCUT2D eigenvalue weighted by Crippen LogP contribution is -2.29. The summed E-state index contributed by atoms with van der Waals surface area (Å²) in [6, 6.07) is 7.26. The summed E-state index contributed by atoms with van der Waals surface area (Å²) in [4.78, 5) is 1.60. The van der Waals surface area contributed by atoms with E-state index in [9.17, 15) is 21.6 Å². The zero-order chi connectivity index (χ0) is 21.5. The molecule has 30 heavy (non-hydrogen) atoms. The summed E-state index contributed by atoms with van der Waals surface area (Å²) >= 11 is 6.12. The highest BCUT2D eigenvalue weighted by Gasteiger charge is 2.32. The summed E-state index contributed by atoms with van der Waals surface area (Å²) in [6.45, 7) is 0.510. The molecule has 0 aliphatic carbocycles. The molecule has 4 rings (SSSR count). The van der Waals surface area contributed by atoms with Crippen molar-refractivity contribution in [2.45, 2.75) is 11.1 Å². The van der Waals surface area contributed by atoms with Crippen molar-refractivity contribution >= 4 is 38.7 Å². The average molecular weight is 460 g/mol. The van der Waals surface area contributed by atoms with E-state index >= 15 is 0 Å². The lowest BCUT2D eigenvalue weighted by Gasteiger charge is -2.32. The Balaban J connectivity index is 1.67. The maximum atomic E-state index is 12.9. The number of aromatic nitrogens is 1. The molecule has 2 heterocycles. The first kappa shape index (κ1) is 20.4. The van der Waals surface area contributed by atoms with Crippen molar-refractivity contribution in [3.63, 3.8) is 0 Å². The number of sulfonamides is 1. The minimum Gasteiger partial charge on any atom is -0.489 e. The lowest BCUT2D eigenvalue weighted by atomic mass is 10.1. The highest BCUT2D eigenvalue weighted by atomic mass is 35.5. The highest BCUT2D eigenvalue weighted by molar-refractivity contribution is 7.92. The van der Waals surface area contributed by atoms with Gasteiger partial charge >= 0.3 is 6.18 Å². The van der Waals surface area contributed by atoms with Crippen LogP contribution in [-0.2, 0) is 16.2 Å². The first-order valence-corrected chi connectivity index (χ1v) is 10.3. The van der Waals surface area contributed by atoms with Crippen LogP contribution in [0.1, 0.15) is 5.56 Å². The molecule has 1 aromatic heterocycles. The molecule has 0 amide bonds. The minimum atomic E-state index is -4.51. The van der Waals surface area contributed by atoms with Gasteiger partial charge in [-0.3, -0.25) is 4.72 Å². The number of nitrogens with one attached hydrogen (secondary N) is 1. The molecular formula is C18H13ClF3N3O4S. The van der Waals surface area contributed by atoms with E-state index in [1.165, 1.54) is 30.5 Å². The van der Waals surface area contributed by atoms with E-state index in [2.05, 4.69) is 14.4 Å². The average Bonchev–Trinajstić information content (AvgIpc) is 3.18. The fraction of sp³-hybridized carbons (Fsp3) is 0.167. The van der Waals surface area contributed by atoms with E-state index in [4.69, 9.17) is 16.3 Å². The second-order valence-corrected chi connectivity index (χ2v) is 8.40. The van der Waals surface area contributed by atoms with Gasteiger partial charge in [-0.1, -0.05) is 16.8 Å². The Bertz CT molecular complexity index is 1180. The van der Waals surface area contributed by atoms with Crippen molar-refractivity contribution < 1.29 is 30.8 Å². The Hall–Kier alpha value is -2.92. The molecule has 7 nitrogen and oxygen atoms in total. The van der Waals surface area contributed by atoms with Gasteiger partial charge in [-0.25, -0.2) is 8.42 Å². The minimum absolute atomic E-state index is 0.0668. The summed E-state index contributed by atoms with van der Waals surface area (Å²) < 4.78 is 76.3.